The monoisotopic (exact) mass is 582 g/mol. The van der Waals surface area contributed by atoms with Crippen LogP contribution in [0, 0.1) is 0 Å². The summed E-state index contributed by atoms with van der Waals surface area (Å²) in [5, 5.41) is 10.0. The highest BCUT2D eigenvalue weighted by molar-refractivity contribution is 7.89. The fourth-order valence-corrected chi connectivity index (χ4v) is 6.11. The van der Waals surface area contributed by atoms with Crippen molar-refractivity contribution in [2.45, 2.75) is 44.0 Å². The summed E-state index contributed by atoms with van der Waals surface area (Å²) in [7, 11) is 4.04. The van der Waals surface area contributed by atoms with E-state index in [0.29, 0.717) is 41.3 Å². The van der Waals surface area contributed by atoms with Crippen LogP contribution in [0.1, 0.15) is 33.3 Å². The predicted molar refractivity (Wildman–Crippen MR) is 167 cm³/mol. The van der Waals surface area contributed by atoms with Crippen molar-refractivity contribution >= 4 is 44.7 Å². The van der Waals surface area contributed by atoms with Crippen LogP contribution < -0.4 is 30.3 Å². The Bertz CT molecular complexity index is 1490. The average Bonchev–Trinajstić information content (AvgIpc) is 3.21. The smallest absolute Gasteiger partial charge is 0.242 e. The summed E-state index contributed by atoms with van der Waals surface area (Å²) in [6, 6.07) is 12.5. The van der Waals surface area contributed by atoms with Gasteiger partial charge in [-0.1, -0.05) is 26.0 Å². The molecule has 0 saturated carbocycles. The highest BCUT2D eigenvalue weighted by atomic mass is 32.2. The summed E-state index contributed by atoms with van der Waals surface area (Å²) < 4.78 is 34.6. The summed E-state index contributed by atoms with van der Waals surface area (Å²) in [5.41, 5.74) is 2.78. The van der Waals surface area contributed by atoms with E-state index in [9.17, 15) is 8.42 Å². The highest BCUT2D eigenvalue weighted by Crippen LogP contribution is 2.42. The number of nitrogens with one attached hydrogen (secondary N) is 4. The van der Waals surface area contributed by atoms with Gasteiger partial charge < -0.3 is 30.5 Å². The number of ether oxygens (including phenoxy) is 1. The van der Waals surface area contributed by atoms with Crippen LogP contribution in [0.15, 0.2) is 47.4 Å². The van der Waals surface area contributed by atoms with Crippen LogP contribution in [-0.2, 0) is 15.4 Å². The van der Waals surface area contributed by atoms with Crippen molar-refractivity contribution in [3.63, 3.8) is 0 Å². The second-order valence-electron chi connectivity index (χ2n) is 11.5. The fraction of sp³-hybridized carbons (Fsp3) is 0.448. The molecule has 4 N–H and O–H groups in total. The van der Waals surface area contributed by atoms with Gasteiger partial charge in [0.15, 0.2) is 0 Å². The minimum absolute atomic E-state index is 0.148. The quantitative estimate of drug-likeness (QED) is 0.245. The zero-order valence-electron chi connectivity index (χ0n) is 25.2. The van der Waals surface area contributed by atoms with E-state index in [1.807, 2.05) is 18.2 Å². The predicted octanol–water partition coefficient (Wildman–Crippen LogP) is 4.36. The van der Waals surface area contributed by atoms with Crippen molar-refractivity contribution in [1.82, 2.24) is 19.6 Å². The molecule has 0 aliphatic carbocycles. The van der Waals surface area contributed by atoms with Gasteiger partial charge in [-0.2, -0.15) is 9.97 Å². The summed E-state index contributed by atoms with van der Waals surface area (Å²) in [6.45, 7) is 10.3. The van der Waals surface area contributed by atoms with Gasteiger partial charge in [-0.25, -0.2) is 13.1 Å². The number of methoxy groups -OCH3 is 1. The molecule has 0 unspecified atom stereocenters. The molecule has 0 saturated heterocycles. The highest BCUT2D eigenvalue weighted by Gasteiger charge is 2.36. The maximum absolute atomic E-state index is 13.1. The minimum atomic E-state index is -3.75. The van der Waals surface area contributed by atoms with Crippen LogP contribution in [0.25, 0.3) is 0 Å². The summed E-state index contributed by atoms with van der Waals surface area (Å²) in [5.74, 6) is 2.22. The molecule has 0 spiro atoms. The van der Waals surface area contributed by atoms with E-state index in [2.05, 4.69) is 65.5 Å². The van der Waals surface area contributed by atoms with E-state index in [1.54, 1.807) is 45.2 Å². The van der Waals surface area contributed by atoms with Gasteiger partial charge in [-0.15, -0.1) is 0 Å². The molecule has 41 heavy (non-hydrogen) atoms. The number of hydrogen-bond donors (Lipinski definition) is 4. The van der Waals surface area contributed by atoms with Gasteiger partial charge in [-0.3, -0.25) is 0 Å². The van der Waals surface area contributed by atoms with Crippen molar-refractivity contribution < 1.29 is 13.2 Å². The number of anilines is 6. The molecule has 1 aliphatic rings. The zero-order valence-corrected chi connectivity index (χ0v) is 26.0. The molecule has 0 bridgehead atoms. The Hall–Kier alpha value is -3.61. The van der Waals surface area contributed by atoms with E-state index in [4.69, 9.17) is 14.7 Å². The van der Waals surface area contributed by atoms with Crippen LogP contribution in [0.3, 0.4) is 0 Å². The molecule has 2 heterocycles. The van der Waals surface area contributed by atoms with Crippen molar-refractivity contribution in [3.8, 4) is 5.75 Å². The van der Waals surface area contributed by atoms with Crippen LogP contribution in [0.2, 0.25) is 0 Å². The van der Waals surface area contributed by atoms with Crippen molar-refractivity contribution in [2.24, 2.45) is 0 Å². The lowest BCUT2D eigenvalue weighted by atomic mass is 9.88. The Morgan fingerprint density at radius 2 is 1.76 bits per heavy atom. The minimum Gasteiger partial charge on any atom is -0.494 e. The second kappa shape index (κ2) is 12.1. The van der Waals surface area contributed by atoms with E-state index < -0.39 is 10.0 Å². The maximum atomic E-state index is 13.1. The lowest BCUT2D eigenvalue weighted by molar-refractivity contribution is 0.413. The third kappa shape index (κ3) is 7.00. The molecule has 2 aromatic carbocycles. The second-order valence-corrected chi connectivity index (χ2v) is 13.2. The normalized spacial score (nSPS) is 14.1. The van der Waals surface area contributed by atoms with E-state index in [0.717, 1.165) is 24.3 Å². The van der Waals surface area contributed by atoms with Crippen LogP contribution in [0.4, 0.5) is 34.6 Å². The maximum Gasteiger partial charge on any atom is 0.242 e. The molecule has 11 nitrogen and oxygen atoms in total. The number of sulfonamides is 1. The number of hydrogen-bond acceptors (Lipinski definition) is 10. The number of para-hydroxylation sites is 1. The number of benzene rings is 2. The Balaban J connectivity index is 1.70. The van der Waals surface area contributed by atoms with Gasteiger partial charge in [0.1, 0.15) is 22.3 Å². The topological polar surface area (TPSA) is 124 Å². The third-order valence-corrected chi connectivity index (χ3v) is 8.58. The molecule has 1 aliphatic heterocycles. The van der Waals surface area contributed by atoms with Gasteiger partial charge >= 0.3 is 0 Å². The Kier molecular flexibility index (Phi) is 8.95. The fourth-order valence-electron chi connectivity index (χ4n) is 4.69. The van der Waals surface area contributed by atoms with Gasteiger partial charge in [-0.05, 0) is 52.2 Å². The molecular weight excluding hydrogens is 540 g/mol. The lowest BCUT2D eigenvalue weighted by Gasteiger charge is -2.23. The van der Waals surface area contributed by atoms with Crippen molar-refractivity contribution in [1.29, 1.82) is 0 Å². The van der Waals surface area contributed by atoms with E-state index >= 15 is 0 Å². The zero-order chi connectivity index (χ0) is 29.9. The molecule has 222 valence electrons. The van der Waals surface area contributed by atoms with E-state index in [-0.39, 0.29) is 16.4 Å². The first kappa shape index (κ1) is 30.4. The van der Waals surface area contributed by atoms with Crippen molar-refractivity contribution in [2.75, 3.05) is 68.7 Å². The van der Waals surface area contributed by atoms with Gasteiger partial charge in [0.2, 0.25) is 16.0 Å². The number of likely N-dealkylation sites (N-methyl/N-ethyl adjacent to an activating group) is 2. The Morgan fingerprint density at radius 1 is 1.02 bits per heavy atom. The van der Waals surface area contributed by atoms with Crippen molar-refractivity contribution in [3.05, 3.63) is 48.0 Å². The van der Waals surface area contributed by atoms with Crippen LogP contribution >= 0.6 is 0 Å². The third-order valence-electron chi connectivity index (χ3n) is 6.86. The average molecular weight is 583 g/mol. The van der Waals surface area contributed by atoms with Crippen LogP contribution in [-0.4, -0.2) is 77.2 Å². The van der Waals surface area contributed by atoms with E-state index in [1.165, 1.54) is 0 Å². The number of fused-ring (bicyclic) bond motifs is 1. The standard InChI is InChI=1S/C29H42N8O3S/c1-19(2)35-41(38,39)24-12-10-9-11-22(24)31-27-25-26(30-18-29(25,3)4)33-28(34-27)32-21-14-13-20(17-23(21)40-8)37(7)16-15-36(5)6/h9-14,17,19,35H,15-16,18H2,1-8H3,(H3,30,31,32,33,34). The lowest BCUT2D eigenvalue weighted by Crippen LogP contribution is -2.30. The van der Waals surface area contributed by atoms with Crippen LogP contribution in [0.5, 0.6) is 5.75 Å². The molecular formula is C29H42N8O3S. The molecule has 1 aromatic heterocycles. The summed E-state index contributed by atoms with van der Waals surface area (Å²) >= 11 is 0. The number of aromatic nitrogens is 2. The van der Waals surface area contributed by atoms with Gasteiger partial charge in [0.25, 0.3) is 0 Å². The first-order valence-electron chi connectivity index (χ1n) is 13.7. The Labute approximate surface area is 243 Å². The molecule has 4 rings (SSSR count). The van der Waals surface area contributed by atoms with Gasteiger partial charge in [0, 0.05) is 55.5 Å². The molecule has 0 fully saturated rings. The molecule has 0 radical (unpaired) electrons. The number of rotatable bonds is 12. The first-order chi connectivity index (χ1) is 19.3. The largest absolute Gasteiger partial charge is 0.494 e. The molecule has 12 heteroatoms. The number of nitrogens with zero attached hydrogens (tertiary/aromatic N) is 4. The van der Waals surface area contributed by atoms with Gasteiger partial charge in [0.05, 0.1) is 18.5 Å². The molecule has 0 amide bonds. The summed E-state index contributed by atoms with van der Waals surface area (Å²) in [4.78, 5) is 14.1. The SMILES string of the molecule is COc1cc(N(C)CCN(C)C)ccc1Nc1nc2c(c(Nc3ccccc3S(=O)(=O)NC(C)C)n1)C(C)(C)CN2. The summed E-state index contributed by atoms with van der Waals surface area (Å²) in [6.07, 6.45) is 0. The molecule has 3 aromatic rings. The Morgan fingerprint density at radius 3 is 2.44 bits per heavy atom. The first-order valence-corrected chi connectivity index (χ1v) is 15.1. The molecule has 0 atom stereocenters.